The fourth-order valence-electron chi connectivity index (χ4n) is 2.64. The fraction of sp³-hybridized carbons (Fsp3) is 0.111. The number of nitrogens with one attached hydrogen (secondary N) is 2. The zero-order valence-electron chi connectivity index (χ0n) is 13.9. The van der Waals surface area contributed by atoms with Gasteiger partial charge in [0.05, 0.1) is 22.3 Å². The second kappa shape index (κ2) is 6.64. The van der Waals surface area contributed by atoms with E-state index in [0.717, 1.165) is 27.5 Å². The Kier molecular flexibility index (Phi) is 4.18. The highest BCUT2D eigenvalue weighted by molar-refractivity contribution is 7.99. The third-order valence-electron chi connectivity index (χ3n) is 3.87. The van der Waals surface area contributed by atoms with Crippen LogP contribution in [-0.4, -0.2) is 31.7 Å². The number of aromatic nitrogens is 3. The van der Waals surface area contributed by atoms with Crippen molar-refractivity contribution in [2.75, 3.05) is 5.75 Å². The number of benzene rings is 2. The molecular formula is C18H15N5O2S. The van der Waals surface area contributed by atoms with Crippen LogP contribution in [0.3, 0.4) is 0 Å². The number of rotatable bonds is 4. The number of carbonyl (C=O) groups excluding carboxylic acids is 1. The first-order valence-corrected chi connectivity index (χ1v) is 8.92. The van der Waals surface area contributed by atoms with Crippen molar-refractivity contribution in [2.45, 2.75) is 12.1 Å². The second-order valence-corrected chi connectivity index (χ2v) is 6.78. The molecule has 0 spiro atoms. The minimum Gasteiger partial charge on any atom is -0.493 e. The lowest BCUT2D eigenvalue weighted by Crippen LogP contribution is -1.95. The highest BCUT2D eigenvalue weighted by Crippen LogP contribution is 2.35. The van der Waals surface area contributed by atoms with Crippen LogP contribution in [0.5, 0.6) is 5.88 Å². The van der Waals surface area contributed by atoms with Crippen LogP contribution in [0.25, 0.3) is 21.9 Å². The van der Waals surface area contributed by atoms with Gasteiger partial charge in [0, 0.05) is 5.39 Å². The average Bonchev–Trinajstić information content (AvgIpc) is 3.18. The van der Waals surface area contributed by atoms with Gasteiger partial charge in [0.15, 0.2) is 10.8 Å². The van der Waals surface area contributed by atoms with Crippen LogP contribution in [0.15, 0.2) is 57.8 Å². The van der Waals surface area contributed by atoms with Crippen molar-refractivity contribution in [3.63, 3.8) is 0 Å². The molecule has 3 N–H and O–H groups in total. The Hall–Kier alpha value is -3.13. The normalized spacial score (nSPS) is 11.7. The van der Waals surface area contributed by atoms with Gasteiger partial charge < -0.3 is 15.1 Å². The minimum atomic E-state index is -0.406. The molecule has 0 unspecified atom stereocenters. The Balaban J connectivity index is 1.47. The predicted molar refractivity (Wildman–Crippen MR) is 101 cm³/mol. The van der Waals surface area contributed by atoms with Crippen LogP contribution in [0.2, 0.25) is 0 Å². The van der Waals surface area contributed by atoms with Crippen molar-refractivity contribution in [1.82, 2.24) is 15.0 Å². The zero-order chi connectivity index (χ0) is 18.1. The van der Waals surface area contributed by atoms with Crippen LogP contribution in [0, 0.1) is 6.92 Å². The minimum absolute atomic E-state index is 0.103. The van der Waals surface area contributed by atoms with Gasteiger partial charge in [-0.3, -0.25) is 4.79 Å². The van der Waals surface area contributed by atoms with Gasteiger partial charge in [-0.1, -0.05) is 35.5 Å². The van der Waals surface area contributed by atoms with Crippen molar-refractivity contribution in [1.29, 1.82) is 0 Å². The van der Waals surface area contributed by atoms with Gasteiger partial charge in [-0.2, -0.15) is 0 Å². The van der Waals surface area contributed by atoms with E-state index in [1.807, 2.05) is 49.4 Å². The third kappa shape index (κ3) is 3.18. The van der Waals surface area contributed by atoms with E-state index in [-0.39, 0.29) is 17.3 Å². The van der Waals surface area contributed by atoms with E-state index in [1.165, 1.54) is 11.8 Å². The van der Waals surface area contributed by atoms with Crippen LogP contribution >= 0.6 is 11.8 Å². The number of amides is 1. The number of nitrogens with zero attached hydrogens (tertiary/aromatic N) is 3. The maximum Gasteiger partial charge on any atom is 0.275 e. The van der Waals surface area contributed by atoms with E-state index in [2.05, 4.69) is 25.2 Å². The number of aromatic hydroxyl groups is 1. The molecular weight excluding hydrogens is 350 g/mol. The summed E-state index contributed by atoms with van der Waals surface area (Å²) in [5.74, 6) is -0.408. The van der Waals surface area contributed by atoms with E-state index in [0.29, 0.717) is 5.16 Å². The number of H-pyrrole nitrogens is 2. The van der Waals surface area contributed by atoms with E-state index < -0.39 is 5.91 Å². The molecule has 2 heterocycles. The predicted octanol–water partition coefficient (Wildman–Crippen LogP) is 4.46. The number of para-hydroxylation sites is 2. The molecule has 0 aliphatic rings. The van der Waals surface area contributed by atoms with Gasteiger partial charge in [0.2, 0.25) is 5.88 Å². The summed E-state index contributed by atoms with van der Waals surface area (Å²) in [6.07, 6.45) is 0. The molecule has 130 valence electrons. The highest BCUT2D eigenvalue weighted by Gasteiger charge is 2.12. The number of aryl methyl sites for hydroxylation is 1. The molecule has 2 aromatic carbocycles. The summed E-state index contributed by atoms with van der Waals surface area (Å²) in [4.78, 5) is 22.4. The maximum absolute atomic E-state index is 12.0. The van der Waals surface area contributed by atoms with E-state index in [1.54, 1.807) is 0 Å². The molecule has 0 aliphatic carbocycles. The number of aromatic amines is 2. The fourth-order valence-corrected chi connectivity index (χ4v) is 3.30. The first-order valence-electron chi connectivity index (χ1n) is 7.93. The Labute approximate surface area is 152 Å². The summed E-state index contributed by atoms with van der Waals surface area (Å²) in [6.45, 7) is 1.94. The molecule has 4 rings (SSSR count). The molecule has 7 nitrogen and oxygen atoms in total. The summed E-state index contributed by atoms with van der Waals surface area (Å²) >= 11 is 1.26. The van der Waals surface area contributed by atoms with E-state index in [9.17, 15) is 9.90 Å². The average molecular weight is 365 g/mol. The van der Waals surface area contributed by atoms with Crippen LogP contribution in [0.4, 0.5) is 5.69 Å². The molecule has 0 aliphatic heterocycles. The second-order valence-electron chi connectivity index (χ2n) is 5.81. The first kappa shape index (κ1) is 16.3. The quantitative estimate of drug-likeness (QED) is 0.366. The van der Waals surface area contributed by atoms with Gasteiger partial charge in [-0.15, -0.1) is 10.2 Å². The van der Waals surface area contributed by atoms with Gasteiger partial charge >= 0.3 is 0 Å². The van der Waals surface area contributed by atoms with Gasteiger partial charge in [-0.05, 0) is 31.2 Å². The SMILES string of the molecule is Cc1ccc2[nH]c(O)c(N=NC(=O)CSc3nc4ccccc4[nH]3)c2c1. The monoisotopic (exact) mass is 365 g/mol. The topological polar surface area (TPSA) is 106 Å². The van der Waals surface area contributed by atoms with Crippen molar-refractivity contribution in [2.24, 2.45) is 10.2 Å². The smallest absolute Gasteiger partial charge is 0.275 e. The molecule has 26 heavy (non-hydrogen) atoms. The summed E-state index contributed by atoms with van der Waals surface area (Å²) < 4.78 is 0. The maximum atomic E-state index is 12.0. The number of hydrogen-bond acceptors (Lipinski definition) is 5. The van der Waals surface area contributed by atoms with Crippen LogP contribution in [0.1, 0.15) is 5.56 Å². The first-order chi connectivity index (χ1) is 12.6. The Morgan fingerprint density at radius 3 is 2.88 bits per heavy atom. The van der Waals surface area contributed by atoms with Gasteiger partial charge in [0.1, 0.15) is 0 Å². The lowest BCUT2D eigenvalue weighted by atomic mass is 10.2. The van der Waals surface area contributed by atoms with E-state index in [4.69, 9.17) is 0 Å². The van der Waals surface area contributed by atoms with E-state index >= 15 is 0 Å². The zero-order valence-corrected chi connectivity index (χ0v) is 14.7. The molecule has 0 saturated carbocycles. The number of imidazole rings is 1. The number of thioether (sulfide) groups is 1. The van der Waals surface area contributed by atoms with Crippen molar-refractivity contribution < 1.29 is 9.90 Å². The Morgan fingerprint density at radius 2 is 2.04 bits per heavy atom. The Bertz CT molecular complexity index is 1110. The summed E-state index contributed by atoms with van der Waals surface area (Å²) in [7, 11) is 0. The van der Waals surface area contributed by atoms with Gasteiger partial charge in [0.25, 0.3) is 5.91 Å². The standard InChI is InChI=1S/C18H15N5O2S/c1-10-6-7-12-11(8-10)16(17(25)19-12)23-22-15(24)9-26-18-20-13-4-2-3-5-14(13)21-18/h2-8,19,25H,9H2,1H3,(H,20,21). The molecule has 0 atom stereocenters. The molecule has 0 fully saturated rings. The lowest BCUT2D eigenvalue weighted by Gasteiger charge is -1.94. The lowest BCUT2D eigenvalue weighted by molar-refractivity contribution is -0.115. The van der Waals surface area contributed by atoms with Crippen LogP contribution < -0.4 is 0 Å². The van der Waals surface area contributed by atoms with Crippen molar-refractivity contribution >= 4 is 45.3 Å². The molecule has 0 saturated heterocycles. The molecule has 8 heteroatoms. The highest BCUT2D eigenvalue weighted by atomic mass is 32.2. The number of fused-ring (bicyclic) bond motifs is 2. The Morgan fingerprint density at radius 1 is 1.19 bits per heavy atom. The number of carbonyl (C=O) groups is 1. The molecule has 4 aromatic rings. The van der Waals surface area contributed by atoms with Crippen molar-refractivity contribution in [3.8, 4) is 5.88 Å². The number of hydrogen-bond donors (Lipinski definition) is 3. The summed E-state index contributed by atoms with van der Waals surface area (Å²) in [5.41, 5.74) is 3.81. The largest absolute Gasteiger partial charge is 0.493 e. The van der Waals surface area contributed by atoms with Gasteiger partial charge in [-0.25, -0.2) is 4.98 Å². The van der Waals surface area contributed by atoms with Crippen LogP contribution in [-0.2, 0) is 4.79 Å². The molecule has 1 amide bonds. The molecule has 0 radical (unpaired) electrons. The summed E-state index contributed by atoms with van der Waals surface area (Å²) in [6, 6.07) is 13.3. The van der Waals surface area contributed by atoms with Crippen molar-refractivity contribution in [3.05, 3.63) is 48.0 Å². The molecule has 0 bridgehead atoms. The number of azo groups is 1. The summed E-state index contributed by atoms with van der Waals surface area (Å²) in [5, 5.41) is 19.0. The molecule has 2 aromatic heterocycles. The third-order valence-corrected chi connectivity index (χ3v) is 4.73.